The summed E-state index contributed by atoms with van der Waals surface area (Å²) in [4.78, 5) is 11.0. The van der Waals surface area contributed by atoms with Gasteiger partial charge in [-0.15, -0.1) is 0 Å². The normalized spacial score (nSPS) is 39.5. The van der Waals surface area contributed by atoms with E-state index in [1.165, 1.54) is 0 Å². The van der Waals surface area contributed by atoms with Gasteiger partial charge in [-0.25, -0.2) is 0 Å². The zero-order chi connectivity index (χ0) is 7.72. The van der Waals surface area contributed by atoms with Gasteiger partial charge in [0.1, 0.15) is 6.10 Å². The summed E-state index contributed by atoms with van der Waals surface area (Å²) in [5.74, 6) is 0.915. The first-order valence-corrected chi connectivity index (χ1v) is 3.83. The Morgan fingerprint density at radius 1 is 1.50 bits per heavy atom. The minimum atomic E-state index is -0.0972. The van der Waals surface area contributed by atoms with Crippen LogP contribution >= 0.6 is 0 Å². The molecule has 0 aromatic heterocycles. The van der Waals surface area contributed by atoms with Crippen molar-refractivity contribution in [2.24, 2.45) is 11.8 Å². The number of carbonyl (C=O) groups is 1. The zero-order valence-electron chi connectivity index (χ0n) is 6.76. The van der Waals surface area contributed by atoms with E-state index < -0.39 is 0 Å². The molecule has 1 rings (SSSR count). The van der Waals surface area contributed by atoms with Gasteiger partial charge in [-0.1, -0.05) is 13.8 Å². The number of ether oxygens (including phenoxy) is 1. The second-order valence-electron chi connectivity index (χ2n) is 2.93. The monoisotopic (exact) mass is 142 g/mol. The van der Waals surface area contributed by atoms with Crippen LogP contribution in [-0.4, -0.2) is 18.5 Å². The summed E-state index contributed by atoms with van der Waals surface area (Å²) in [6, 6.07) is 0. The van der Waals surface area contributed by atoms with E-state index in [9.17, 15) is 4.79 Å². The molecule has 0 aromatic carbocycles. The van der Waals surface area contributed by atoms with Crippen molar-refractivity contribution in [1.29, 1.82) is 0 Å². The van der Waals surface area contributed by atoms with Gasteiger partial charge < -0.3 is 4.74 Å². The molecule has 0 spiro atoms. The van der Waals surface area contributed by atoms with Gasteiger partial charge in [0.25, 0.3) is 0 Å². The average molecular weight is 142 g/mol. The van der Waals surface area contributed by atoms with Crippen molar-refractivity contribution in [3.63, 3.8) is 0 Å². The van der Waals surface area contributed by atoms with Crippen molar-refractivity contribution in [3.05, 3.63) is 0 Å². The van der Waals surface area contributed by atoms with E-state index in [2.05, 4.69) is 6.92 Å². The van der Waals surface area contributed by atoms with E-state index in [4.69, 9.17) is 4.74 Å². The largest absolute Gasteiger partial charge is 0.370 e. The molecule has 10 heavy (non-hydrogen) atoms. The molecule has 0 saturated heterocycles. The quantitative estimate of drug-likeness (QED) is 0.580. The lowest BCUT2D eigenvalue weighted by Gasteiger charge is -2.38. The van der Waals surface area contributed by atoms with Crippen LogP contribution < -0.4 is 0 Å². The lowest BCUT2D eigenvalue weighted by Crippen LogP contribution is -2.50. The number of hydrogen-bond donors (Lipinski definition) is 0. The van der Waals surface area contributed by atoms with E-state index in [-0.39, 0.29) is 17.8 Å². The van der Waals surface area contributed by atoms with Crippen molar-refractivity contribution in [2.75, 3.05) is 6.61 Å². The average Bonchev–Trinajstić information content (AvgIpc) is 1.98. The van der Waals surface area contributed by atoms with E-state index >= 15 is 0 Å². The van der Waals surface area contributed by atoms with Gasteiger partial charge in [0.2, 0.25) is 0 Å². The van der Waals surface area contributed by atoms with E-state index in [0.29, 0.717) is 12.5 Å². The summed E-state index contributed by atoms with van der Waals surface area (Å²) < 4.78 is 5.22. The summed E-state index contributed by atoms with van der Waals surface area (Å²) in [5.41, 5.74) is 0. The fourth-order valence-electron chi connectivity index (χ4n) is 1.33. The highest BCUT2D eigenvalue weighted by molar-refractivity contribution is 5.91. The van der Waals surface area contributed by atoms with Crippen LogP contribution in [0, 0.1) is 11.8 Å². The summed E-state index contributed by atoms with van der Waals surface area (Å²) in [5, 5.41) is 0. The van der Waals surface area contributed by atoms with Gasteiger partial charge >= 0.3 is 0 Å². The molecule has 1 aliphatic rings. The highest BCUT2D eigenvalue weighted by Gasteiger charge is 2.44. The molecule has 1 aliphatic carbocycles. The van der Waals surface area contributed by atoms with Crippen LogP contribution in [0.15, 0.2) is 0 Å². The number of hydrogen-bond acceptors (Lipinski definition) is 2. The molecular formula is C8H14O2. The maximum absolute atomic E-state index is 11.0. The fourth-order valence-corrected chi connectivity index (χ4v) is 1.33. The Kier molecular flexibility index (Phi) is 2.09. The number of ketones is 1. The second-order valence-corrected chi connectivity index (χ2v) is 2.93. The molecule has 0 N–H and O–H groups in total. The molecule has 0 heterocycles. The molecule has 0 unspecified atom stereocenters. The predicted octanol–water partition coefficient (Wildman–Crippen LogP) is 1.25. The highest BCUT2D eigenvalue weighted by atomic mass is 16.5. The van der Waals surface area contributed by atoms with Gasteiger partial charge in [0, 0.05) is 12.5 Å². The van der Waals surface area contributed by atoms with Crippen molar-refractivity contribution >= 4 is 5.78 Å². The maximum Gasteiger partial charge on any atom is 0.165 e. The van der Waals surface area contributed by atoms with E-state index in [1.807, 2.05) is 13.8 Å². The predicted molar refractivity (Wildman–Crippen MR) is 38.7 cm³/mol. The molecule has 0 aliphatic heterocycles. The number of rotatable bonds is 2. The molecule has 0 aromatic rings. The van der Waals surface area contributed by atoms with Crippen molar-refractivity contribution in [1.82, 2.24) is 0 Å². The van der Waals surface area contributed by atoms with Crippen LogP contribution in [0.3, 0.4) is 0 Å². The lowest BCUT2D eigenvalue weighted by molar-refractivity contribution is -0.156. The Hall–Kier alpha value is -0.370. The molecule has 1 saturated carbocycles. The van der Waals surface area contributed by atoms with Gasteiger partial charge in [-0.05, 0) is 12.8 Å². The highest BCUT2D eigenvalue weighted by Crippen LogP contribution is 2.32. The van der Waals surface area contributed by atoms with Crippen molar-refractivity contribution in [2.45, 2.75) is 26.9 Å². The second kappa shape index (κ2) is 2.70. The smallest absolute Gasteiger partial charge is 0.165 e. The number of carbonyl (C=O) groups excluding carboxylic acids is 1. The Bertz CT molecular complexity index is 142. The topological polar surface area (TPSA) is 26.3 Å². The Morgan fingerprint density at radius 2 is 2.10 bits per heavy atom. The fraction of sp³-hybridized carbons (Fsp3) is 0.875. The molecule has 0 amide bonds. The first-order valence-electron chi connectivity index (χ1n) is 3.83. The molecule has 0 bridgehead atoms. The third kappa shape index (κ3) is 0.966. The van der Waals surface area contributed by atoms with Gasteiger partial charge in [0.05, 0.1) is 0 Å². The van der Waals surface area contributed by atoms with Crippen LogP contribution in [0.1, 0.15) is 20.8 Å². The van der Waals surface area contributed by atoms with Crippen molar-refractivity contribution in [3.8, 4) is 0 Å². The Balaban J connectivity index is 2.42. The lowest BCUT2D eigenvalue weighted by atomic mass is 9.72. The minimum Gasteiger partial charge on any atom is -0.370 e. The third-order valence-corrected chi connectivity index (χ3v) is 2.34. The van der Waals surface area contributed by atoms with Crippen LogP contribution in [0.2, 0.25) is 0 Å². The van der Waals surface area contributed by atoms with Crippen LogP contribution in [0.4, 0.5) is 0 Å². The molecule has 58 valence electrons. The van der Waals surface area contributed by atoms with Gasteiger partial charge in [-0.3, -0.25) is 4.79 Å². The summed E-state index contributed by atoms with van der Waals surface area (Å²) >= 11 is 0. The third-order valence-electron chi connectivity index (χ3n) is 2.34. The standard InChI is InChI=1S/C8H14O2/c1-4-10-8-6(3)5(2)7(8)9/h5-6,8H,4H2,1-3H3/t5-,6+,8+/m1/s1. The first-order chi connectivity index (χ1) is 4.68. The summed E-state index contributed by atoms with van der Waals surface area (Å²) in [6.45, 7) is 6.59. The summed E-state index contributed by atoms with van der Waals surface area (Å²) in [6.07, 6.45) is -0.0972. The SMILES string of the molecule is CCO[C@@H]1C(=O)[C@H](C)[C@@H]1C. The van der Waals surface area contributed by atoms with Crippen LogP contribution in [-0.2, 0) is 9.53 Å². The number of Topliss-reactive ketones (excluding diaryl/α,β-unsaturated/α-hetero) is 1. The first kappa shape index (κ1) is 7.73. The molecule has 2 nitrogen and oxygen atoms in total. The van der Waals surface area contributed by atoms with Crippen LogP contribution in [0.25, 0.3) is 0 Å². The molecule has 3 atom stereocenters. The summed E-state index contributed by atoms with van der Waals surface area (Å²) in [7, 11) is 0. The van der Waals surface area contributed by atoms with Gasteiger partial charge in [0.15, 0.2) is 5.78 Å². The molecule has 2 heteroatoms. The van der Waals surface area contributed by atoms with Crippen LogP contribution in [0.5, 0.6) is 0 Å². The van der Waals surface area contributed by atoms with Crippen molar-refractivity contribution < 1.29 is 9.53 Å². The minimum absolute atomic E-state index is 0.0972. The Morgan fingerprint density at radius 3 is 2.50 bits per heavy atom. The molecule has 0 radical (unpaired) electrons. The molecule has 1 fully saturated rings. The van der Waals surface area contributed by atoms with E-state index in [1.54, 1.807) is 0 Å². The van der Waals surface area contributed by atoms with Gasteiger partial charge in [-0.2, -0.15) is 0 Å². The maximum atomic E-state index is 11.0. The Labute approximate surface area is 61.6 Å². The molecular weight excluding hydrogens is 128 g/mol. The zero-order valence-corrected chi connectivity index (χ0v) is 6.76. The van der Waals surface area contributed by atoms with E-state index in [0.717, 1.165) is 0 Å².